The minimum Gasteiger partial charge on any atom is -0.0675 e. The number of rotatable bonds is 15. The average molecular weight is 3250 g/mol. The van der Waals surface area contributed by atoms with Gasteiger partial charge in [-0.25, -0.2) is 0 Å². The molecule has 56 heavy (non-hydrogen) atoms. The molecule has 0 saturated heterocycles. The molecule has 0 aromatic rings. The number of hydrogen-bond donors (Lipinski definition) is 0. The molecular formula is C18Br38. The highest BCUT2D eigenvalue weighted by atomic mass is 80.0. The number of halogens is 38. The zero-order valence-corrected chi connectivity index (χ0v) is 83.6. The van der Waals surface area contributed by atoms with Crippen LogP contribution in [0.3, 0.4) is 0 Å². The van der Waals surface area contributed by atoms with E-state index < -0.39 is 56.0 Å². The molecule has 0 aromatic carbocycles. The first-order chi connectivity index (χ1) is 23.2. The van der Waals surface area contributed by atoms with E-state index in [2.05, 4.69) is 605 Å². The summed E-state index contributed by atoms with van der Waals surface area (Å²) in [7, 11) is 0. The Morgan fingerprint density at radius 1 is 0.0893 bits per heavy atom. The van der Waals surface area contributed by atoms with Crippen LogP contribution in [0.1, 0.15) is 0 Å². The van der Waals surface area contributed by atoms with Crippen LogP contribution in [-0.2, 0) is 0 Å². The summed E-state index contributed by atoms with van der Waals surface area (Å²) in [6.45, 7) is 0. The first-order valence-electron chi connectivity index (χ1n) is 11.4. The Labute approximate surface area is 644 Å². The summed E-state index contributed by atoms with van der Waals surface area (Å²) in [5, 5.41) is 0. The van der Waals surface area contributed by atoms with Crippen LogP contribution in [0.4, 0.5) is 0 Å². The second-order valence-electron chi connectivity index (χ2n) is 10.2. The Morgan fingerprint density at radius 2 is 0.143 bits per heavy atom. The first-order valence-corrected chi connectivity index (χ1v) is 41.6. The van der Waals surface area contributed by atoms with Gasteiger partial charge in [-0.3, -0.25) is 0 Å². The van der Waals surface area contributed by atoms with E-state index in [0.717, 1.165) is 0 Å². The van der Waals surface area contributed by atoms with E-state index >= 15 is 0 Å². The lowest BCUT2D eigenvalue weighted by molar-refractivity contribution is 0.521. The molecule has 0 fully saturated rings. The zero-order valence-electron chi connectivity index (χ0n) is 23.4. The molecule has 38 heteroatoms. The molecule has 0 saturated carbocycles. The zero-order chi connectivity index (χ0) is 47.0. The Bertz CT molecular complexity index is 1320. The highest BCUT2D eigenvalue weighted by Crippen LogP contribution is 2.84. The maximum atomic E-state index is 4.04. The maximum Gasteiger partial charge on any atom is 0.162 e. The molecule has 0 unspecified atom stereocenters. The van der Waals surface area contributed by atoms with Crippen LogP contribution in [0.15, 0.2) is 0 Å². The highest BCUT2D eigenvalue weighted by Gasteiger charge is 2.84. The fourth-order valence-corrected chi connectivity index (χ4v) is 40.8. The van der Waals surface area contributed by atoms with E-state index in [-0.39, 0.29) is 0 Å². The summed E-state index contributed by atoms with van der Waals surface area (Å²) in [6, 6.07) is 0. The van der Waals surface area contributed by atoms with Crippen molar-refractivity contribution in [1.82, 2.24) is 0 Å². The van der Waals surface area contributed by atoms with Crippen molar-refractivity contribution in [2.45, 2.75) is 56.0 Å². The third-order valence-corrected chi connectivity index (χ3v) is 86.6. The van der Waals surface area contributed by atoms with Crippen LogP contribution >= 0.6 is 605 Å². The molecule has 0 aliphatic rings. The fraction of sp³-hybridized carbons (Fsp3) is 1.00. The van der Waals surface area contributed by atoms with Crippen LogP contribution in [0, 0.1) is 0 Å². The monoisotopic (exact) mass is 3210 g/mol. The molecule has 0 N–H and O–H groups in total. The van der Waals surface area contributed by atoms with Gasteiger partial charge in [0.2, 0.25) is 0 Å². The summed E-state index contributed by atoms with van der Waals surface area (Å²) in [4.78, 5) is 0. The molecule has 0 aliphatic carbocycles. The molecule has 0 nitrogen and oxygen atoms in total. The van der Waals surface area contributed by atoms with Gasteiger partial charge in [0, 0.05) is 0 Å². The van der Waals surface area contributed by atoms with Gasteiger partial charge in [-0.1, -0.05) is 605 Å². The van der Waals surface area contributed by atoms with Crippen molar-refractivity contribution in [3.63, 3.8) is 0 Å². The van der Waals surface area contributed by atoms with Gasteiger partial charge in [0.15, 0.2) is 4.29 Å². The summed E-state index contributed by atoms with van der Waals surface area (Å²) in [5.41, 5.74) is 0. The lowest BCUT2D eigenvalue weighted by atomic mass is 10.0. The molecule has 0 atom stereocenters. The van der Waals surface area contributed by atoms with E-state index in [1.165, 1.54) is 0 Å². The Hall–Kier alpha value is 18.2. The lowest BCUT2D eigenvalue weighted by Crippen LogP contribution is -2.74. The number of hydrogen-bond acceptors (Lipinski definition) is 0. The van der Waals surface area contributed by atoms with Crippen LogP contribution in [0.5, 0.6) is 0 Å². The standard InChI is InChI=1S/C18Br38/c19-1(20,3(23,24)5(27,28)7(31,32)9(35,36)11(39,40)13(43,44)15(47,48)17(51,52)53)2(21,22)4(25,26)6(29,30)8(33,34)10(37,38)12(41,42)14(45,46)16(49,50)18(54,55)56. The van der Waals surface area contributed by atoms with Crippen molar-refractivity contribution in [2.24, 2.45) is 0 Å². The van der Waals surface area contributed by atoms with Crippen LogP contribution < -0.4 is 0 Å². The summed E-state index contributed by atoms with van der Waals surface area (Å²) in [5.74, 6) is 0. The molecule has 0 aromatic heterocycles. The largest absolute Gasteiger partial charge is 0.162 e. The van der Waals surface area contributed by atoms with Crippen molar-refractivity contribution in [3.05, 3.63) is 0 Å². The van der Waals surface area contributed by atoms with E-state index in [1.807, 2.05) is 0 Å². The van der Waals surface area contributed by atoms with Gasteiger partial charge in [-0.15, -0.1) is 0 Å². The van der Waals surface area contributed by atoms with Gasteiger partial charge in [0.1, 0.15) is 51.7 Å². The molecular weight excluding hydrogens is 3250 g/mol. The van der Waals surface area contributed by atoms with E-state index in [9.17, 15) is 0 Å². The molecule has 0 radical (unpaired) electrons. The molecule has 0 bridgehead atoms. The summed E-state index contributed by atoms with van der Waals surface area (Å²) >= 11 is 149. The smallest absolute Gasteiger partial charge is 0.0675 e. The molecule has 0 amide bonds. The van der Waals surface area contributed by atoms with E-state index in [0.29, 0.717) is 0 Å². The second-order valence-corrected chi connectivity index (χ2v) is 78.8. The Morgan fingerprint density at radius 3 is 0.196 bits per heavy atom. The van der Waals surface area contributed by atoms with Crippen molar-refractivity contribution in [2.75, 3.05) is 0 Å². The van der Waals surface area contributed by atoms with Crippen LogP contribution in [-0.4, -0.2) is 56.0 Å². The molecule has 0 aliphatic heterocycles. The minimum atomic E-state index is -1.35. The molecule has 0 spiro atoms. The highest BCUT2D eigenvalue weighted by molar-refractivity contribution is 9.44. The third-order valence-electron chi connectivity index (χ3n) is 6.63. The summed E-state index contributed by atoms with van der Waals surface area (Å²) < 4.78 is -21.7. The first kappa shape index (κ1) is 74.2. The second kappa shape index (κ2) is 24.0. The quantitative estimate of drug-likeness (QED) is 0.143. The molecule has 0 rings (SSSR count). The average Bonchev–Trinajstić information content (AvgIpc) is 2.94. The Kier molecular flexibility index (Phi) is 31.8. The van der Waals surface area contributed by atoms with Gasteiger partial charge >= 0.3 is 0 Å². The molecule has 0 heterocycles. The number of alkyl halides is 38. The summed E-state index contributed by atoms with van der Waals surface area (Å²) in [6.07, 6.45) is 0. The van der Waals surface area contributed by atoms with Gasteiger partial charge < -0.3 is 0 Å². The minimum absolute atomic E-state index is 0.910. The van der Waals surface area contributed by atoms with Crippen molar-refractivity contribution in [1.29, 1.82) is 0 Å². The predicted octanol–water partition coefficient (Wildman–Crippen LogP) is 28.4. The SMILES string of the molecule is BrC(Br)(Br)C(Br)(Br)C(Br)(Br)C(Br)(Br)C(Br)(Br)C(Br)(Br)C(Br)(Br)C(Br)(Br)C(Br)(Br)C(Br)(Br)C(Br)(Br)C(Br)(Br)C(Br)(Br)C(Br)(Br)C(Br)(Br)C(Br)(Br)C(Br)(Br)C(Br)(Br)Br. The van der Waals surface area contributed by atoms with Crippen molar-refractivity contribution < 1.29 is 0 Å². The van der Waals surface area contributed by atoms with Crippen molar-refractivity contribution >= 4 is 605 Å². The van der Waals surface area contributed by atoms with Gasteiger partial charge in [0.05, 0.1) is 0 Å². The maximum absolute atomic E-state index is 4.04. The lowest BCUT2D eigenvalue weighted by Gasteiger charge is -2.62. The predicted molar refractivity (Wildman–Crippen MR) is 388 cm³/mol. The van der Waals surface area contributed by atoms with Gasteiger partial charge in [0.25, 0.3) is 0 Å². The van der Waals surface area contributed by atoms with E-state index in [1.54, 1.807) is 0 Å². The van der Waals surface area contributed by atoms with Crippen LogP contribution in [0.2, 0.25) is 0 Å². The van der Waals surface area contributed by atoms with Gasteiger partial charge in [-0.05, 0) is 0 Å². The topological polar surface area (TPSA) is 0 Å². The molecule has 338 valence electrons. The van der Waals surface area contributed by atoms with Gasteiger partial charge in [-0.2, -0.15) is 0 Å². The van der Waals surface area contributed by atoms with Crippen LogP contribution in [0.25, 0.3) is 0 Å². The third kappa shape index (κ3) is 12.5. The van der Waals surface area contributed by atoms with E-state index in [4.69, 9.17) is 0 Å². The van der Waals surface area contributed by atoms with Crippen molar-refractivity contribution in [3.8, 4) is 0 Å². The fourth-order valence-electron chi connectivity index (χ4n) is 3.12. The Balaban J connectivity index is 7.85. The normalized spacial score (nSPS) is 17.5.